The van der Waals surface area contributed by atoms with Crippen molar-refractivity contribution in [2.75, 3.05) is 5.32 Å². The number of nitro benzene ring substituents is 1. The summed E-state index contributed by atoms with van der Waals surface area (Å²) >= 11 is 5.14. The molecule has 0 radical (unpaired) electrons. The van der Waals surface area contributed by atoms with E-state index in [0.717, 1.165) is 5.69 Å². The smallest absolute Gasteiger partial charge is 0.270 e. The highest BCUT2D eigenvalue weighted by Crippen LogP contribution is 2.20. The van der Waals surface area contributed by atoms with Gasteiger partial charge in [-0.1, -0.05) is 30.3 Å². The second kappa shape index (κ2) is 10.5. The summed E-state index contributed by atoms with van der Waals surface area (Å²) < 4.78 is 0. The first-order chi connectivity index (χ1) is 15.0. The first-order valence-corrected chi connectivity index (χ1v) is 9.52. The highest BCUT2D eigenvalue weighted by molar-refractivity contribution is 7.80. The Bertz CT molecular complexity index is 1150. The van der Waals surface area contributed by atoms with Gasteiger partial charge in [0.25, 0.3) is 5.69 Å². The van der Waals surface area contributed by atoms with Crippen molar-refractivity contribution < 1.29 is 9.72 Å². The molecule has 0 bridgehead atoms. The molecule has 9 heteroatoms. The van der Waals surface area contributed by atoms with Crippen LogP contribution in [0.5, 0.6) is 0 Å². The van der Waals surface area contributed by atoms with E-state index in [9.17, 15) is 14.9 Å². The van der Waals surface area contributed by atoms with E-state index in [1.807, 2.05) is 30.3 Å². The molecule has 0 unspecified atom stereocenters. The lowest BCUT2D eigenvalue weighted by Crippen LogP contribution is -2.32. The van der Waals surface area contributed by atoms with Gasteiger partial charge in [0.05, 0.1) is 16.3 Å². The third kappa shape index (κ3) is 6.94. The minimum Gasteiger partial charge on any atom is -0.332 e. The lowest BCUT2D eigenvalue weighted by Gasteiger charge is -2.08. The van der Waals surface area contributed by atoms with Crippen LogP contribution in [0.15, 0.2) is 95.2 Å². The van der Waals surface area contributed by atoms with E-state index in [-0.39, 0.29) is 10.8 Å². The average molecular weight is 431 g/mol. The van der Waals surface area contributed by atoms with Crippen molar-refractivity contribution in [3.63, 3.8) is 0 Å². The van der Waals surface area contributed by atoms with Crippen molar-refractivity contribution in [3.8, 4) is 0 Å². The molecule has 0 atom stereocenters. The minimum absolute atomic E-state index is 0.0495. The normalized spacial score (nSPS) is 10.8. The molecule has 0 aliphatic rings. The third-order valence-electron chi connectivity index (χ3n) is 3.91. The van der Waals surface area contributed by atoms with Gasteiger partial charge in [0.1, 0.15) is 0 Å². The topological polar surface area (TPSA) is 109 Å². The van der Waals surface area contributed by atoms with Crippen LogP contribution in [0, 0.1) is 10.1 Å². The monoisotopic (exact) mass is 431 g/mol. The first kappa shape index (κ1) is 21.5. The number of thiocarbonyl (C=S) groups is 1. The Morgan fingerprint density at radius 2 is 1.61 bits per heavy atom. The van der Waals surface area contributed by atoms with Gasteiger partial charge in [0, 0.05) is 23.9 Å². The third-order valence-corrected chi connectivity index (χ3v) is 4.11. The zero-order valence-electron chi connectivity index (χ0n) is 16.1. The number of non-ortho nitro benzene ring substituents is 1. The molecule has 1 amide bonds. The Hall–Kier alpha value is -4.24. The quantitative estimate of drug-likeness (QED) is 0.175. The van der Waals surface area contributed by atoms with Gasteiger partial charge in [-0.15, -0.1) is 0 Å². The molecule has 2 N–H and O–H groups in total. The lowest BCUT2D eigenvalue weighted by atomic mass is 10.2. The van der Waals surface area contributed by atoms with Crippen molar-refractivity contribution in [1.29, 1.82) is 0 Å². The summed E-state index contributed by atoms with van der Waals surface area (Å²) in [6.45, 7) is 0. The number of hydrogen-bond donors (Lipinski definition) is 2. The average Bonchev–Trinajstić information content (AvgIpc) is 2.78. The predicted molar refractivity (Wildman–Crippen MR) is 124 cm³/mol. The van der Waals surface area contributed by atoms with Crippen LogP contribution < -0.4 is 10.6 Å². The van der Waals surface area contributed by atoms with Crippen LogP contribution in [-0.2, 0) is 4.79 Å². The summed E-state index contributed by atoms with van der Waals surface area (Å²) in [6, 6.07) is 22.4. The number of nitrogens with zero attached hydrogens (tertiary/aromatic N) is 3. The van der Waals surface area contributed by atoms with Crippen LogP contribution in [0.2, 0.25) is 0 Å². The number of anilines is 1. The Labute approximate surface area is 183 Å². The first-order valence-electron chi connectivity index (χ1n) is 9.11. The summed E-state index contributed by atoms with van der Waals surface area (Å²) in [6.07, 6.45) is 2.72. The molecule has 154 valence electrons. The van der Waals surface area contributed by atoms with Gasteiger partial charge in [-0.3, -0.25) is 20.2 Å². The maximum Gasteiger partial charge on any atom is 0.270 e. The van der Waals surface area contributed by atoms with Gasteiger partial charge in [0.2, 0.25) is 5.91 Å². The molecule has 3 aromatic carbocycles. The van der Waals surface area contributed by atoms with Gasteiger partial charge in [-0.05, 0) is 60.3 Å². The standard InChI is InChI=1S/C22H17N5O3S/c28-21(14-9-16-5-4-8-20(15-16)27(29)30)24-22(31)23-17-10-12-19(13-11-17)26-25-18-6-2-1-3-7-18/h1-15H,(H2,23,24,28,31). The molecule has 3 rings (SSSR count). The fraction of sp³-hybridized carbons (Fsp3) is 0. The van der Waals surface area contributed by atoms with Gasteiger partial charge < -0.3 is 5.32 Å². The number of rotatable bonds is 6. The van der Waals surface area contributed by atoms with E-state index in [1.54, 1.807) is 36.4 Å². The summed E-state index contributed by atoms with van der Waals surface area (Å²) in [4.78, 5) is 22.3. The highest BCUT2D eigenvalue weighted by Gasteiger charge is 2.05. The Morgan fingerprint density at radius 3 is 2.29 bits per heavy atom. The van der Waals surface area contributed by atoms with Crippen molar-refractivity contribution in [3.05, 3.63) is 101 Å². The molecular weight excluding hydrogens is 414 g/mol. The van der Waals surface area contributed by atoms with Crippen molar-refractivity contribution >= 4 is 52.1 Å². The Morgan fingerprint density at radius 1 is 0.935 bits per heavy atom. The van der Waals surface area contributed by atoms with Crippen LogP contribution in [0.1, 0.15) is 5.56 Å². The van der Waals surface area contributed by atoms with Crippen molar-refractivity contribution in [2.45, 2.75) is 0 Å². The lowest BCUT2D eigenvalue weighted by molar-refractivity contribution is -0.384. The molecule has 0 aromatic heterocycles. The van der Waals surface area contributed by atoms with Crippen molar-refractivity contribution in [1.82, 2.24) is 5.32 Å². The van der Waals surface area contributed by atoms with Crippen LogP contribution in [0.4, 0.5) is 22.7 Å². The van der Waals surface area contributed by atoms with Crippen LogP contribution in [-0.4, -0.2) is 15.9 Å². The van der Waals surface area contributed by atoms with E-state index >= 15 is 0 Å². The summed E-state index contributed by atoms with van der Waals surface area (Å²) in [7, 11) is 0. The maximum absolute atomic E-state index is 12.0. The molecule has 0 fully saturated rings. The summed E-state index contributed by atoms with van der Waals surface area (Å²) in [5.74, 6) is -0.461. The second-order valence-corrected chi connectivity index (χ2v) is 6.62. The number of nitro groups is 1. The molecule has 0 heterocycles. The number of nitrogens with one attached hydrogen (secondary N) is 2. The predicted octanol–water partition coefficient (Wildman–Crippen LogP) is 5.54. The van der Waals surface area contributed by atoms with Gasteiger partial charge in [-0.2, -0.15) is 10.2 Å². The zero-order chi connectivity index (χ0) is 22.1. The molecule has 0 aliphatic carbocycles. The molecular formula is C22H17N5O3S. The van der Waals surface area contributed by atoms with E-state index in [1.165, 1.54) is 24.3 Å². The molecule has 0 saturated carbocycles. The molecule has 31 heavy (non-hydrogen) atoms. The van der Waals surface area contributed by atoms with Crippen molar-refractivity contribution in [2.24, 2.45) is 10.2 Å². The van der Waals surface area contributed by atoms with E-state index < -0.39 is 10.8 Å². The van der Waals surface area contributed by atoms with E-state index in [4.69, 9.17) is 12.2 Å². The molecule has 8 nitrogen and oxygen atoms in total. The molecule has 0 saturated heterocycles. The zero-order valence-corrected chi connectivity index (χ0v) is 17.0. The van der Waals surface area contributed by atoms with Gasteiger partial charge in [0.15, 0.2) is 5.11 Å². The maximum atomic E-state index is 12.0. The number of carbonyl (C=O) groups is 1. The Kier molecular flexibility index (Phi) is 7.28. The molecule has 0 spiro atoms. The van der Waals surface area contributed by atoms with Crippen LogP contribution in [0.25, 0.3) is 6.08 Å². The number of benzene rings is 3. The molecule has 3 aromatic rings. The highest BCUT2D eigenvalue weighted by atomic mass is 32.1. The second-order valence-electron chi connectivity index (χ2n) is 6.21. The number of carbonyl (C=O) groups excluding carboxylic acids is 1. The number of hydrogen-bond acceptors (Lipinski definition) is 6. The van der Waals surface area contributed by atoms with E-state index in [0.29, 0.717) is 16.9 Å². The van der Waals surface area contributed by atoms with Crippen LogP contribution >= 0.6 is 12.2 Å². The molecule has 0 aliphatic heterocycles. The fourth-order valence-corrected chi connectivity index (χ4v) is 2.67. The number of azo groups is 1. The van der Waals surface area contributed by atoms with Gasteiger partial charge >= 0.3 is 0 Å². The van der Waals surface area contributed by atoms with Crippen LogP contribution in [0.3, 0.4) is 0 Å². The van der Waals surface area contributed by atoms with Gasteiger partial charge in [-0.25, -0.2) is 0 Å². The fourth-order valence-electron chi connectivity index (χ4n) is 2.45. The van der Waals surface area contributed by atoms with E-state index in [2.05, 4.69) is 20.9 Å². The largest absolute Gasteiger partial charge is 0.332 e. The SMILES string of the molecule is O=C(C=Cc1cccc([N+](=O)[O-])c1)NC(=S)Nc1ccc(N=Nc2ccccc2)cc1. The summed E-state index contributed by atoms with van der Waals surface area (Å²) in [5.41, 5.74) is 2.58. The Balaban J connectivity index is 1.52. The number of amides is 1. The minimum atomic E-state index is -0.495. The summed E-state index contributed by atoms with van der Waals surface area (Å²) in [5, 5.41) is 24.6.